The molecule has 0 aliphatic heterocycles. The standard InChI is InChI=1S/C13H23N3O4/c1-2-9(8-12(18)19)16-13(20)14-7-3-4-11(17)15-10-5-6-10/h9-10H,2-8H2,1H3,(H,15,17)(H,18,19)(H2,14,16,20). The maximum atomic E-state index is 11.5. The molecule has 7 heteroatoms. The SMILES string of the molecule is CCC(CC(=O)O)NC(=O)NCCCC(=O)NC1CC1. The lowest BCUT2D eigenvalue weighted by molar-refractivity contribution is -0.137. The number of amides is 3. The number of hydrogen-bond acceptors (Lipinski definition) is 3. The van der Waals surface area contributed by atoms with Crippen molar-refractivity contribution in [2.75, 3.05) is 6.54 Å². The van der Waals surface area contributed by atoms with Gasteiger partial charge >= 0.3 is 12.0 Å². The Morgan fingerprint density at radius 3 is 2.55 bits per heavy atom. The molecule has 1 atom stereocenters. The second-order valence-electron chi connectivity index (χ2n) is 5.05. The number of carboxylic acids is 1. The topological polar surface area (TPSA) is 108 Å². The molecule has 7 nitrogen and oxygen atoms in total. The van der Waals surface area contributed by atoms with Crippen molar-refractivity contribution in [3.63, 3.8) is 0 Å². The van der Waals surface area contributed by atoms with Crippen LogP contribution in [0.15, 0.2) is 0 Å². The molecule has 0 aromatic heterocycles. The highest BCUT2D eigenvalue weighted by molar-refractivity contribution is 5.77. The molecule has 0 aromatic rings. The maximum Gasteiger partial charge on any atom is 0.315 e. The summed E-state index contributed by atoms with van der Waals surface area (Å²) in [6, 6.07) is -0.397. The van der Waals surface area contributed by atoms with Crippen molar-refractivity contribution >= 4 is 17.9 Å². The van der Waals surface area contributed by atoms with E-state index in [-0.39, 0.29) is 24.4 Å². The number of hydrogen-bond donors (Lipinski definition) is 4. The molecule has 1 rings (SSSR count). The number of nitrogens with one attached hydrogen (secondary N) is 3. The number of aliphatic carboxylic acids is 1. The van der Waals surface area contributed by atoms with Crippen molar-refractivity contribution in [2.45, 2.75) is 57.5 Å². The van der Waals surface area contributed by atoms with Crippen LogP contribution in [0.5, 0.6) is 0 Å². The molecule has 1 aliphatic carbocycles. The summed E-state index contributed by atoms with van der Waals surface area (Å²) in [5, 5.41) is 16.8. The van der Waals surface area contributed by atoms with E-state index in [1.54, 1.807) is 0 Å². The Morgan fingerprint density at radius 2 is 2.00 bits per heavy atom. The van der Waals surface area contributed by atoms with Crippen LogP contribution in [0.25, 0.3) is 0 Å². The molecule has 0 bridgehead atoms. The van der Waals surface area contributed by atoms with E-state index in [0.29, 0.717) is 31.8 Å². The van der Waals surface area contributed by atoms with Gasteiger partial charge in [0.2, 0.25) is 5.91 Å². The zero-order valence-corrected chi connectivity index (χ0v) is 11.8. The van der Waals surface area contributed by atoms with E-state index in [1.165, 1.54) is 0 Å². The molecular formula is C13H23N3O4. The number of carbonyl (C=O) groups is 3. The first kappa shape index (κ1) is 16.3. The summed E-state index contributed by atoms with van der Waals surface area (Å²) < 4.78 is 0. The Hall–Kier alpha value is -1.79. The first-order valence-electron chi connectivity index (χ1n) is 7.06. The monoisotopic (exact) mass is 285 g/mol. The van der Waals surface area contributed by atoms with Crippen LogP contribution in [0.3, 0.4) is 0 Å². The number of carbonyl (C=O) groups excluding carboxylic acids is 2. The summed E-state index contributed by atoms with van der Waals surface area (Å²) in [5.41, 5.74) is 0. The van der Waals surface area contributed by atoms with E-state index >= 15 is 0 Å². The maximum absolute atomic E-state index is 11.5. The van der Waals surface area contributed by atoms with Crippen molar-refractivity contribution in [3.8, 4) is 0 Å². The first-order chi connectivity index (χ1) is 9.51. The summed E-state index contributed by atoms with van der Waals surface area (Å²) in [4.78, 5) is 33.5. The van der Waals surface area contributed by atoms with Gasteiger partial charge in [0.15, 0.2) is 0 Å². The van der Waals surface area contributed by atoms with Gasteiger partial charge in [0.25, 0.3) is 0 Å². The Balaban J connectivity index is 2.06. The van der Waals surface area contributed by atoms with Crippen LogP contribution in [0.2, 0.25) is 0 Å². The minimum atomic E-state index is -0.936. The predicted octanol–water partition coefficient (Wildman–Crippen LogP) is 0.598. The molecule has 3 amide bonds. The quantitative estimate of drug-likeness (QED) is 0.465. The van der Waals surface area contributed by atoms with E-state index in [9.17, 15) is 14.4 Å². The van der Waals surface area contributed by atoms with E-state index in [2.05, 4.69) is 16.0 Å². The summed E-state index contributed by atoms with van der Waals surface area (Å²) in [7, 11) is 0. The van der Waals surface area contributed by atoms with E-state index < -0.39 is 5.97 Å². The van der Waals surface area contributed by atoms with Crippen LogP contribution < -0.4 is 16.0 Å². The predicted molar refractivity (Wildman–Crippen MR) is 73.3 cm³/mol. The smallest absolute Gasteiger partial charge is 0.315 e. The lowest BCUT2D eigenvalue weighted by Crippen LogP contribution is -2.43. The van der Waals surface area contributed by atoms with Gasteiger partial charge in [-0.15, -0.1) is 0 Å². The van der Waals surface area contributed by atoms with Crippen LogP contribution in [-0.4, -0.2) is 41.6 Å². The molecule has 1 aliphatic rings. The summed E-state index contributed by atoms with van der Waals surface area (Å²) in [6.07, 6.45) is 3.56. The van der Waals surface area contributed by atoms with Gasteiger partial charge in [-0.2, -0.15) is 0 Å². The Morgan fingerprint density at radius 1 is 1.30 bits per heavy atom. The van der Waals surface area contributed by atoms with Gasteiger partial charge in [-0.05, 0) is 25.7 Å². The third kappa shape index (κ3) is 7.60. The highest BCUT2D eigenvalue weighted by Crippen LogP contribution is 2.18. The molecule has 1 fully saturated rings. The summed E-state index contributed by atoms with van der Waals surface area (Å²) in [5.74, 6) is -0.916. The number of carboxylic acid groups (broad SMARTS) is 1. The normalized spacial score (nSPS) is 15.2. The van der Waals surface area contributed by atoms with Gasteiger partial charge in [-0.25, -0.2) is 4.79 Å². The molecular weight excluding hydrogens is 262 g/mol. The minimum absolute atomic E-state index is 0.0204. The zero-order valence-electron chi connectivity index (χ0n) is 11.8. The van der Waals surface area contributed by atoms with Crippen LogP contribution in [-0.2, 0) is 9.59 Å². The second-order valence-corrected chi connectivity index (χ2v) is 5.05. The van der Waals surface area contributed by atoms with Gasteiger partial charge in [0.1, 0.15) is 0 Å². The lowest BCUT2D eigenvalue weighted by Gasteiger charge is -2.15. The molecule has 4 N–H and O–H groups in total. The van der Waals surface area contributed by atoms with Crippen molar-refractivity contribution < 1.29 is 19.5 Å². The Bertz CT molecular complexity index is 356. The van der Waals surface area contributed by atoms with Crippen molar-refractivity contribution in [2.24, 2.45) is 0 Å². The fraction of sp³-hybridized carbons (Fsp3) is 0.769. The largest absolute Gasteiger partial charge is 0.481 e. The fourth-order valence-electron chi connectivity index (χ4n) is 1.72. The van der Waals surface area contributed by atoms with E-state index in [0.717, 1.165) is 12.8 Å². The van der Waals surface area contributed by atoms with Crippen LogP contribution in [0.4, 0.5) is 4.79 Å². The number of rotatable bonds is 9. The number of urea groups is 1. The third-order valence-electron chi connectivity index (χ3n) is 3.06. The molecule has 20 heavy (non-hydrogen) atoms. The highest BCUT2D eigenvalue weighted by Gasteiger charge is 2.22. The van der Waals surface area contributed by atoms with Crippen LogP contribution >= 0.6 is 0 Å². The van der Waals surface area contributed by atoms with Crippen molar-refractivity contribution in [1.29, 1.82) is 0 Å². The van der Waals surface area contributed by atoms with E-state index in [4.69, 9.17) is 5.11 Å². The van der Waals surface area contributed by atoms with Gasteiger partial charge in [0, 0.05) is 25.0 Å². The third-order valence-corrected chi connectivity index (χ3v) is 3.06. The van der Waals surface area contributed by atoms with Crippen molar-refractivity contribution in [3.05, 3.63) is 0 Å². The second kappa shape index (κ2) is 8.39. The molecule has 0 aromatic carbocycles. The zero-order chi connectivity index (χ0) is 15.0. The fourth-order valence-corrected chi connectivity index (χ4v) is 1.72. The molecule has 0 radical (unpaired) electrons. The average molecular weight is 285 g/mol. The van der Waals surface area contributed by atoms with E-state index in [1.807, 2.05) is 6.92 Å². The molecule has 1 saturated carbocycles. The van der Waals surface area contributed by atoms with Crippen LogP contribution in [0.1, 0.15) is 45.4 Å². The van der Waals surface area contributed by atoms with Gasteiger partial charge in [-0.1, -0.05) is 6.92 Å². The van der Waals surface area contributed by atoms with Crippen LogP contribution in [0, 0.1) is 0 Å². The summed E-state index contributed by atoms with van der Waals surface area (Å²) in [6.45, 7) is 2.21. The Labute approximate surface area is 118 Å². The Kier molecular flexibility index (Phi) is 6.83. The molecule has 0 spiro atoms. The van der Waals surface area contributed by atoms with Gasteiger partial charge < -0.3 is 21.1 Å². The van der Waals surface area contributed by atoms with Gasteiger partial charge in [-0.3, -0.25) is 9.59 Å². The van der Waals surface area contributed by atoms with Crippen molar-refractivity contribution in [1.82, 2.24) is 16.0 Å². The lowest BCUT2D eigenvalue weighted by atomic mass is 10.1. The molecule has 114 valence electrons. The average Bonchev–Trinajstić information content (AvgIpc) is 3.17. The highest BCUT2D eigenvalue weighted by atomic mass is 16.4. The minimum Gasteiger partial charge on any atom is -0.481 e. The van der Waals surface area contributed by atoms with Gasteiger partial charge in [0.05, 0.1) is 6.42 Å². The first-order valence-corrected chi connectivity index (χ1v) is 7.06. The molecule has 0 saturated heterocycles. The molecule has 0 heterocycles. The molecule has 1 unspecified atom stereocenters. The summed E-state index contributed by atoms with van der Waals surface area (Å²) >= 11 is 0.